The maximum atomic E-state index is 12.6. The normalized spacial score (nSPS) is 18.9. The van der Waals surface area contributed by atoms with Crippen molar-refractivity contribution in [2.45, 2.75) is 39.3 Å². The van der Waals surface area contributed by atoms with Crippen molar-refractivity contribution in [3.05, 3.63) is 24.3 Å². The molecule has 1 fully saturated rings. The molecular formula is C18H26N4O5S. The average molecular weight is 410 g/mol. The van der Waals surface area contributed by atoms with Crippen LogP contribution in [0.15, 0.2) is 24.3 Å². The molecule has 0 spiro atoms. The fourth-order valence-electron chi connectivity index (χ4n) is 2.91. The van der Waals surface area contributed by atoms with Crippen LogP contribution >= 0.6 is 0 Å². The molecule has 0 radical (unpaired) electrons. The van der Waals surface area contributed by atoms with Crippen molar-refractivity contribution >= 4 is 39.1 Å². The average Bonchev–Trinajstić information content (AvgIpc) is 2.90. The quantitative estimate of drug-likeness (QED) is 0.557. The lowest BCUT2D eigenvalue weighted by molar-refractivity contribution is -0.119. The fraction of sp³-hybridized carbons (Fsp3) is 0.500. The van der Waals surface area contributed by atoms with Crippen molar-refractivity contribution in [2.75, 3.05) is 22.1 Å². The first-order chi connectivity index (χ1) is 13.1. The first-order valence-electron chi connectivity index (χ1n) is 9.01. The van der Waals surface area contributed by atoms with Crippen LogP contribution in [0.2, 0.25) is 0 Å². The number of hydrogen-bond acceptors (Lipinski definition) is 5. The Hall–Kier alpha value is -2.62. The summed E-state index contributed by atoms with van der Waals surface area (Å²) in [6.07, 6.45) is 0.365. The minimum absolute atomic E-state index is 0.0523. The number of nitrogens with one attached hydrogen (secondary N) is 4. The highest BCUT2D eigenvalue weighted by Crippen LogP contribution is 2.16. The molecule has 2 rings (SSSR count). The Labute approximate surface area is 164 Å². The second kappa shape index (κ2) is 9.05. The van der Waals surface area contributed by atoms with Crippen LogP contribution < -0.4 is 21.3 Å². The Morgan fingerprint density at radius 2 is 1.75 bits per heavy atom. The molecule has 4 amide bonds. The Balaban J connectivity index is 1.98. The SMILES string of the molecule is CC(=O)Nc1cccc(NC(=O)C(NC(=O)NC2CCS(=O)(=O)C2)C(C)C)c1. The number of rotatable bonds is 6. The molecular weight excluding hydrogens is 384 g/mol. The lowest BCUT2D eigenvalue weighted by atomic mass is 10.0. The smallest absolute Gasteiger partial charge is 0.315 e. The summed E-state index contributed by atoms with van der Waals surface area (Å²) in [4.78, 5) is 36.0. The van der Waals surface area contributed by atoms with E-state index in [4.69, 9.17) is 0 Å². The van der Waals surface area contributed by atoms with Crippen molar-refractivity contribution in [3.63, 3.8) is 0 Å². The number of carbonyl (C=O) groups excluding carboxylic acids is 3. The molecule has 4 N–H and O–H groups in total. The van der Waals surface area contributed by atoms with Crippen LogP contribution in [0.5, 0.6) is 0 Å². The van der Waals surface area contributed by atoms with E-state index in [0.717, 1.165) is 0 Å². The Kier molecular flexibility index (Phi) is 7.00. The third-order valence-corrected chi connectivity index (χ3v) is 6.02. The molecule has 1 aromatic carbocycles. The number of hydrogen-bond donors (Lipinski definition) is 4. The molecule has 1 aliphatic rings. The largest absolute Gasteiger partial charge is 0.334 e. The predicted octanol–water partition coefficient (Wildman–Crippen LogP) is 1.09. The summed E-state index contributed by atoms with van der Waals surface area (Å²) >= 11 is 0. The number of carbonyl (C=O) groups is 3. The first kappa shape index (κ1) is 21.7. The highest BCUT2D eigenvalue weighted by atomic mass is 32.2. The number of urea groups is 1. The maximum absolute atomic E-state index is 12.6. The minimum atomic E-state index is -3.11. The summed E-state index contributed by atoms with van der Waals surface area (Å²) in [5.41, 5.74) is 1.02. The third-order valence-electron chi connectivity index (χ3n) is 4.25. The van der Waals surface area contributed by atoms with Gasteiger partial charge in [-0.15, -0.1) is 0 Å². The standard InChI is InChI=1S/C18H26N4O5S/c1-11(2)16(22-18(25)21-15-7-8-28(26,27)10-15)17(24)20-14-6-4-5-13(9-14)19-12(3)23/h4-6,9,11,15-16H,7-8,10H2,1-3H3,(H,19,23)(H,20,24)(H2,21,22,25). The number of sulfone groups is 1. The highest BCUT2D eigenvalue weighted by molar-refractivity contribution is 7.91. The summed E-state index contributed by atoms with van der Waals surface area (Å²) in [6, 6.07) is 4.81. The summed E-state index contributed by atoms with van der Waals surface area (Å²) in [7, 11) is -3.11. The lowest BCUT2D eigenvalue weighted by Crippen LogP contribution is -2.52. The monoisotopic (exact) mass is 410 g/mol. The van der Waals surface area contributed by atoms with Gasteiger partial charge < -0.3 is 21.3 Å². The Morgan fingerprint density at radius 3 is 2.29 bits per heavy atom. The van der Waals surface area contributed by atoms with Crippen molar-refractivity contribution in [2.24, 2.45) is 5.92 Å². The molecule has 1 heterocycles. The zero-order valence-corrected chi connectivity index (χ0v) is 16.9. The van der Waals surface area contributed by atoms with Crippen molar-refractivity contribution in [3.8, 4) is 0 Å². The van der Waals surface area contributed by atoms with Crippen LogP contribution in [0.1, 0.15) is 27.2 Å². The summed E-state index contributed by atoms with van der Waals surface area (Å²) in [5.74, 6) is -0.873. The van der Waals surface area contributed by atoms with Gasteiger partial charge in [0.2, 0.25) is 11.8 Å². The second-order valence-corrected chi connectivity index (χ2v) is 9.42. The molecule has 2 atom stereocenters. The Morgan fingerprint density at radius 1 is 1.11 bits per heavy atom. The number of amides is 4. The van der Waals surface area contributed by atoms with E-state index in [9.17, 15) is 22.8 Å². The van der Waals surface area contributed by atoms with Crippen LogP contribution in [-0.4, -0.2) is 49.9 Å². The zero-order valence-electron chi connectivity index (χ0n) is 16.1. The molecule has 0 bridgehead atoms. The van der Waals surface area contributed by atoms with Crippen molar-refractivity contribution in [1.29, 1.82) is 0 Å². The van der Waals surface area contributed by atoms with Gasteiger partial charge in [-0.05, 0) is 30.5 Å². The molecule has 2 unspecified atom stereocenters. The van der Waals surface area contributed by atoms with E-state index in [0.29, 0.717) is 17.8 Å². The van der Waals surface area contributed by atoms with Gasteiger partial charge in [-0.2, -0.15) is 0 Å². The van der Waals surface area contributed by atoms with E-state index in [2.05, 4.69) is 21.3 Å². The molecule has 0 saturated carbocycles. The van der Waals surface area contributed by atoms with Gasteiger partial charge in [-0.25, -0.2) is 13.2 Å². The van der Waals surface area contributed by atoms with Gasteiger partial charge >= 0.3 is 6.03 Å². The lowest BCUT2D eigenvalue weighted by Gasteiger charge is -2.23. The molecule has 9 nitrogen and oxygen atoms in total. The third kappa shape index (κ3) is 6.52. The second-order valence-electron chi connectivity index (χ2n) is 7.19. The molecule has 1 saturated heterocycles. The highest BCUT2D eigenvalue weighted by Gasteiger charge is 2.30. The number of benzene rings is 1. The van der Waals surface area contributed by atoms with Crippen LogP contribution in [0, 0.1) is 5.92 Å². The van der Waals surface area contributed by atoms with Gasteiger partial charge in [0, 0.05) is 24.3 Å². The van der Waals surface area contributed by atoms with E-state index in [1.807, 2.05) is 0 Å². The van der Waals surface area contributed by atoms with Gasteiger partial charge in [0.25, 0.3) is 0 Å². The predicted molar refractivity (Wildman–Crippen MR) is 107 cm³/mol. The molecule has 0 aliphatic carbocycles. The topological polar surface area (TPSA) is 133 Å². The van der Waals surface area contributed by atoms with Crippen LogP contribution in [0.3, 0.4) is 0 Å². The van der Waals surface area contributed by atoms with Crippen LogP contribution in [0.4, 0.5) is 16.2 Å². The van der Waals surface area contributed by atoms with Gasteiger partial charge in [0.15, 0.2) is 9.84 Å². The van der Waals surface area contributed by atoms with E-state index in [1.54, 1.807) is 38.1 Å². The van der Waals surface area contributed by atoms with E-state index < -0.39 is 33.9 Å². The minimum Gasteiger partial charge on any atom is -0.334 e. The van der Waals surface area contributed by atoms with Gasteiger partial charge in [-0.3, -0.25) is 9.59 Å². The van der Waals surface area contributed by atoms with Gasteiger partial charge in [0.05, 0.1) is 11.5 Å². The summed E-state index contributed by atoms with van der Waals surface area (Å²) < 4.78 is 23.0. The molecule has 1 aromatic rings. The molecule has 1 aliphatic heterocycles. The van der Waals surface area contributed by atoms with E-state index in [-0.39, 0.29) is 23.3 Å². The van der Waals surface area contributed by atoms with E-state index in [1.165, 1.54) is 6.92 Å². The molecule has 10 heteroatoms. The molecule has 154 valence electrons. The first-order valence-corrected chi connectivity index (χ1v) is 10.8. The molecule has 0 aromatic heterocycles. The van der Waals surface area contributed by atoms with Crippen LogP contribution in [-0.2, 0) is 19.4 Å². The van der Waals surface area contributed by atoms with Crippen molar-refractivity contribution < 1.29 is 22.8 Å². The van der Waals surface area contributed by atoms with Gasteiger partial charge in [0.1, 0.15) is 6.04 Å². The van der Waals surface area contributed by atoms with Crippen molar-refractivity contribution in [1.82, 2.24) is 10.6 Å². The molecule has 28 heavy (non-hydrogen) atoms. The fourth-order valence-corrected chi connectivity index (χ4v) is 4.58. The van der Waals surface area contributed by atoms with E-state index >= 15 is 0 Å². The van der Waals surface area contributed by atoms with Crippen LogP contribution in [0.25, 0.3) is 0 Å². The number of anilines is 2. The zero-order chi connectivity index (χ0) is 20.9. The summed E-state index contributed by atoms with van der Waals surface area (Å²) in [6.45, 7) is 4.97. The Bertz CT molecular complexity index is 853. The summed E-state index contributed by atoms with van der Waals surface area (Å²) in [5, 5.41) is 10.6. The van der Waals surface area contributed by atoms with Gasteiger partial charge in [-0.1, -0.05) is 19.9 Å². The maximum Gasteiger partial charge on any atom is 0.315 e.